The Kier molecular flexibility index (Phi) is 6.74. The van der Waals surface area contributed by atoms with E-state index in [1.807, 2.05) is 0 Å². The summed E-state index contributed by atoms with van der Waals surface area (Å²) < 4.78 is 0. The van der Waals surface area contributed by atoms with Crippen molar-refractivity contribution in [2.75, 3.05) is 13.1 Å². The van der Waals surface area contributed by atoms with Gasteiger partial charge in [0.05, 0.1) is 0 Å². The summed E-state index contributed by atoms with van der Waals surface area (Å²) in [4.78, 5) is 8.03. The van der Waals surface area contributed by atoms with E-state index in [0.717, 1.165) is 37.8 Å². The smallest absolute Gasteiger partial charge is 0.191 e. The minimum atomic E-state index is 0. The number of nitrogens with one attached hydrogen (secondary N) is 3. The Hall–Kier alpha value is -1.24. The summed E-state index contributed by atoms with van der Waals surface area (Å²) in [6.45, 7) is 6.16. The third kappa shape index (κ3) is 4.86. The van der Waals surface area contributed by atoms with E-state index in [4.69, 9.17) is 4.99 Å². The number of para-hydroxylation sites is 1. The molecule has 126 valence electrons. The molecule has 0 amide bonds. The van der Waals surface area contributed by atoms with Crippen molar-refractivity contribution in [1.29, 1.82) is 0 Å². The minimum Gasteiger partial charge on any atom is -0.361 e. The zero-order chi connectivity index (χ0) is 15.4. The van der Waals surface area contributed by atoms with Crippen LogP contribution in [-0.2, 0) is 6.42 Å². The van der Waals surface area contributed by atoms with E-state index >= 15 is 0 Å². The lowest BCUT2D eigenvalue weighted by Crippen LogP contribution is -2.39. The highest BCUT2D eigenvalue weighted by Gasteiger charge is 2.33. The van der Waals surface area contributed by atoms with Gasteiger partial charge in [-0.2, -0.15) is 0 Å². The SMILES string of the molecule is CCNC(=NCCCc1c[nH]c2ccccc12)NC1CC1C.I. The van der Waals surface area contributed by atoms with Gasteiger partial charge in [0.1, 0.15) is 0 Å². The van der Waals surface area contributed by atoms with Crippen molar-refractivity contribution in [1.82, 2.24) is 15.6 Å². The zero-order valence-electron chi connectivity index (χ0n) is 13.9. The molecule has 0 saturated heterocycles. The van der Waals surface area contributed by atoms with Gasteiger partial charge in [-0.05, 0) is 43.7 Å². The van der Waals surface area contributed by atoms with Gasteiger partial charge in [-0.3, -0.25) is 4.99 Å². The van der Waals surface area contributed by atoms with Crippen LogP contribution in [0.4, 0.5) is 0 Å². The van der Waals surface area contributed by atoms with Crippen molar-refractivity contribution in [3.63, 3.8) is 0 Å². The molecule has 2 unspecified atom stereocenters. The van der Waals surface area contributed by atoms with Gasteiger partial charge in [0, 0.05) is 36.2 Å². The van der Waals surface area contributed by atoms with Gasteiger partial charge in [-0.1, -0.05) is 25.1 Å². The number of hydrogen-bond donors (Lipinski definition) is 3. The number of aryl methyl sites for hydroxylation is 1. The largest absolute Gasteiger partial charge is 0.361 e. The van der Waals surface area contributed by atoms with Crippen molar-refractivity contribution in [3.8, 4) is 0 Å². The van der Waals surface area contributed by atoms with E-state index < -0.39 is 0 Å². The van der Waals surface area contributed by atoms with E-state index in [2.05, 4.69) is 59.9 Å². The number of rotatable bonds is 6. The molecule has 4 nitrogen and oxygen atoms in total. The minimum absolute atomic E-state index is 0. The van der Waals surface area contributed by atoms with Crippen molar-refractivity contribution in [2.45, 2.75) is 39.2 Å². The average molecular weight is 426 g/mol. The van der Waals surface area contributed by atoms with Gasteiger partial charge >= 0.3 is 0 Å². The number of hydrogen-bond acceptors (Lipinski definition) is 1. The van der Waals surface area contributed by atoms with Crippen LogP contribution in [0.5, 0.6) is 0 Å². The molecule has 1 saturated carbocycles. The summed E-state index contributed by atoms with van der Waals surface area (Å²) in [6.07, 6.45) is 5.52. The van der Waals surface area contributed by atoms with Crippen LogP contribution in [0.15, 0.2) is 35.5 Å². The number of benzene rings is 1. The number of guanidine groups is 1. The Morgan fingerprint density at radius 3 is 2.87 bits per heavy atom. The van der Waals surface area contributed by atoms with Gasteiger partial charge in [0.15, 0.2) is 5.96 Å². The first-order chi connectivity index (χ1) is 10.8. The van der Waals surface area contributed by atoms with Gasteiger partial charge in [-0.15, -0.1) is 24.0 Å². The molecule has 3 rings (SSSR count). The second-order valence-corrected chi connectivity index (χ2v) is 6.19. The lowest BCUT2D eigenvalue weighted by molar-refractivity contribution is 0.755. The Morgan fingerprint density at radius 1 is 1.35 bits per heavy atom. The summed E-state index contributed by atoms with van der Waals surface area (Å²) in [5.74, 6) is 1.76. The number of fused-ring (bicyclic) bond motifs is 1. The Bertz CT molecular complexity index is 649. The third-order valence-electron chi connectivity index (χ3n) is 4.32. The Labute approximate surface area is 155 Å². The molecule has 1 fully saturated rings. The predicted molar refractivity (Wildman–Crippen MR) is 109 cm³/mol. The summed E-state index contributed by atoms with van der Waals surface area (Å²) in [5.41, 5.74) is 2.61. The molecule has 2 atom stereocenters. The van der Waals surface area contributed by atoms with Crippen molar-refractivity contribution >= 4 is 40.8 Å². The van der Waals surface area contributed by atoms with E-state index in [-0.39, 0.29) is 24.0 Å². The first-order valence-electron chi connectivity index (χ1n) is 8.37. The number of aromatic nitrogens is 1. The quantitative estimate of drug-likeness (QED) is 0.286. The summed E-state index contributed by atoms with van der Waals surface area (Å²) in [5, 5.41) is 8.16. The van der Waals surface area contributed by atoms with Crippen LogP contribution in [0, 0.1) is 5.92 Å². The maximum atomic E-state index is 4.69. The second kappa shape index (κ2) is 8.57. The molecule has 5 heteroatoms. The van der Waals surface area contributed by atoms with E-state index in [0.29, 0.717) is 6.04 Å². The Balaban J connectivity index is 0.00000192. The van der Waals surface area contributed by atoms with Crippen LogP contribution in [0.2, 0.25) is 0 Å². The maximum Gasteiger partial charge on any atom is 0.191 e. The molecule has 0 aliphatic heterocycles. The van der Waals surface area contributed by atoms with E-state index in [1.54, 1.807) is 0 Å². The van der Waals surface area contributed by atoms with Crippen LogP contribution in [0.3, 0.4) is 0 Å². The molecule has 0 bridgehead atoms. The molecular formula is C18H27IN4. The van der Waals surface area contributed by atoms with Gasteiger partial charge in [-0.25, -0.2) is 0 Å². The van der Waals surface area contributed by atoms with Gasteiger partial charge in [0.25, 0.3) is 0 Å². The number of halogens is 1. The van der Waals surface area contributed by atoms with Crippen LogP contribution < -0.4 is 10.6 Å². The van der Waals surface area contributed by atoms with E-state index in [1.165, 1.54) is 22.9 Å². The summed E-state index contributed by atoms with van der Waals surface area (Å²) in [7, 11) is 0. The molecule has 2 aromatic rings. The molecule has 1 aromatic carbocycles. The first kappa shape index (κ1) is 18.1. The van der Waals surface area contributed by atoms with Gasteiger partial charge in [0.2, 0.25) is 0 Å². The first-order valence-corrected chi connectivity index (χ1v) is 8.37. The summed E-state index contributed by atoms with van der Waals surface area (Å²) >= 11 is 0. The van der Waals surface area contributed by atoms with Crippen molar-refractivity contribution in [3.05, 3.63) is 36.0 Å². The fourth-order valence-corrected chi connectivity index (χ4v) is 2.82. The number of aliphatic imine (C=N–C) groups is 1. The highest BCUT2D eigenvalue weighted by atomic mass is 127. The summed E-state index contributed by atoms with van der Waals surface area (Å²) in [6, 6.07) is 9.10. The molecule has 1 aliphatic rings. The van der Waals surface area contributed by atoms with E-state index in [9.17, 15) is 0 Å². The molecular weight excluding hydrogens is 399 g/mol. The van der Waals surface area contributed by atoms with Crippen LogP contribution in [0.25, 0.3) is 10.9 Å². The fourth-order valence-electron chi connectivity index (χ4n) is 2.82. The van der Waals surface area contributed by atoms with Crippen molar-refractivity contribution in [2.24, 2.45) is 10.9 Å². The van der Waals surface area contributed by atoms with Crippen molar-refractivity contribution < 1.29 is 0 Å². The van der Waals surface area contributed by atoms with Crippen LogP contribution in [0.1, 0.15) is 32.3 Å². The molecule has 1 aliphatic carbocycles. The molecule has 0 radical (unpaired) electrons. The normalized spacial score (nSPS) is 20.2. The predicted octanol–water partition coefficient (Wildman–Crippen LogP) is 3.68. The lowest BCUT2D eigenvalue weighted by atomic mass is 10.1. The monoisotopic (exact) mass is 426 g/mol. The lowest BCUT2D eigenvalue weighted by Gasteiger charge is -2.10. The Morgan fingerprint density at radius 2 is 2.13 bits per heavy atom. The molecule has 1 aromatic heterocycles. The standard InChI is InChI=1S/C18H26N4.HI/c1-3-19-18(22-17-11-13(17)2)20-10-6-7-14-12-21-16-9-5-4-8-15(14)16;/h4-5,8-9,12-13,17,21H,3,6-7,10-11H2,1-2H3,(H2,19,20,22);1H. The van der Waals surface area contributed by atoms with Gasteiger partial charge < -0.3 is 15.6 Å². The van der Waals surface area contributed by atoms with Crippen LogP contribution in [-0.4, -0.2) is 30.1 Å². The second-order valence-electron chi connectivity index (χ2n) is 6.19. The average Bonchev–Trinajstić information content (AvgIpc) is 3.07. The maximum absolute atomic E-state index is 4.69. The third-order valence-corrected chi connectivity index (χ3v) is 4.32. The fraction of sp³-hybridized carbons (Fsp3) is 0.500. The topological polar surface area (TPSA) is 52.2 Å². The number of nitrogens with zero attached hydrogens (tertiary/aromatic N) is 1. The number of aromatic amines is 1. The van der Waals surface area contributed by atoms with Crippen LogP contribution >= 0.6 is 24.0 Å². The zero-order valence-corrected chi connectivity index (χ0v) is 16.3. The highest BCUT2D eigenvalue weighted by Crippen LogP contribution is 2.28. The molecule has 1 heterocycles. The molecule has 23 heavy (non-hydrogen) atoms. The highest BCUT2D eigenvalue weighted by molar-refractivity contribution is 14.0. The molecule has 0 spiro atoms. The molecule has 3 N–H and O–H groups in total. The number of H-pyrrole nitrogens is 1.